The molecular weight excluding hydrogens is 427 g/mol. The molecule has 2 aromatic heterocycles. The van der Waals surface area contributed by atoms with Crippen molar-refractivity contribution in [2.24, 2.45) is 5.73 Å². The fourth-order valence-corrected chi connectivity index (χ4v) is 4.98. The first-order chi connectivity index (χ1) is 16.6. The number of fused-ring (bicyclic) bond motifs is 1. The van der Waals surface area contributed by atoms with Gasteiger partial charge in [-0.2, -0.15) is 0 Å². The van der Waals surface area contributed by atoms with Crippen LogP contribution in [0, 0.1) is 5.82 Å². The lowest BCUT2D eigenvalue weighted by Crippen LogP contribution is -2.38. The molecule has 1 aliphatic rings. The van der Waals surface area contributed by atoms with Gasteiger partial charge in [-0.15, -0.1) is 0 Å². The average molecular weight is 457 g/mol. The number of piperidine rings is 1. The molecule has 0 unspecified atom stereocenters. The number of benzene rings is 2. The zero-order valence-electron chi connectivity index (χ0n) is 19.2. The summed E-state index contributed by atoms with van der Waals surface area (Å²) in [6.07, 6.45) is 6.07. The molecule has 0 aliphatic carbocycles. The Morgan fingerprint density at radius 3 is 2.62 bits per heavy atom. The summed E-state index contributed by atoms with van der Waals surface area (Å²) >= 11 is 0. The molecule has 2 N–H and O–H groups in total. The Balaban J connectivity index is 1.32. The Labute approximate surface area is 199 Å². The highest BCUT2D eigenvalue weighted by Crippen LogP contribution is 2.32. The number of aryl methyl sites for hydroxylation is 2. The molecule has 0 bridgehead atoms. The quantitative estimate of drug-likeness (QED) is 0.449. The minimum Gasteiger partial charge on any atom is -0.346 e. The number of pyridine rings is 1. The minimum atomic E-state index is -0.182. The second-order valence-electron chi connectivity index (χ2n) is 8.95. The summed E-state index contributed by atoms with van der Waals surface area (Å²) in [5, 5.41) is 0.970. The number of hydrogen-bond acceptors (Lipinski definition) is 3. The Kier molecular flexibility index (Phi) is 6.41. The summed E-state index contributed by atoms with van der Waals surface area (Å²) in [5.74, 6) is -0.0318. The summed E-state index contributed by atoms with van der Waals surface area (Å²) in [6, 6.07) is 19.1. The number of amides is 1. The van der Waals surface area contributed by atoms with Crippen LogP contribution in [0.15, 0.2) is 73.1 Å². The predicted octanol–water partition coefficient (Wildman–Crippen LogP) is 4.90. The highest BCUT2D eigenvalue weighted by molar-refractivity contribution is 6.07. The van der Waals surface area contributed by atoms with Crippen molar-refractivity contribution < 1.29 is 9.18 Å². The molecule has 1 fully saturated rings. The molecule has 3 heterocycles. The summed E-state index contributed by atoms with van der Waals surface area (Å²) < 4.78 is 16.6. The number of carbonyl (C=O) groups is 1. The number of hydrogen-bond donors (Lipinski definition) is 1. The lowest BCUT2D eigenvalue weighted by molar-refractivity contribution is 0.0714. The van der Waals surface area contributed by atoms with Gasteiger partial charge in [0, 0.05) is 61.6 Å². The Morgan fingerprint density at radius 2 is 1.85 bits per heavy atom. The maximum atomic E-state index is 14.5. The third-order valence-electron chi connectivity index (χ3n) is 6.87. The third-order valence-corrected chi connectivity index (χ3v) is 6.87. The number of nitrogens with two attached hydrogens (primary N) is 1. The monoisotopic (exact) mass is 456 g/mol. The summed E-state index contributed by atoms with van der Waals surface area (Å²) in [5.41, 5.74) is 10.2. The van der Waals surface area contributed by atoms with Gasteiger partial charge in [0.25, 0.3) is 5.91 Å². The van der Waals surface area contributed by atoms with Crippen LogP contribution in [0.25, 0.3) is 10.9 Å². The number of carbonyl (C=O) groups excluding carboxylic acids is 1. The standard InChI is InChI=1S/C28H29FN4O/c29-26-9-8-20(18-30)17-24(26)21-10-14-32(15-11-21)28(34)25-19-33(27-7-2-1-6-23(25)27)16-12-22-5-3-4-13-31-22/h1-9,13,17,19,21H,10-12,14-16,18,30H2. The largest absolute Gasteiger partial charge is 0.346 e. The van der Waals surface area contributed by atoms with E-state index in [1.807, 2.05) is 53.6 Å². The van der Waals surface area contributed by atoms with E-state index in [9.17, 15) is 9.18 Å². The molecule has 6 heteroatoms. The number of rotatable bonds is 6. The first-order valence-electron chi connectivity index (χ1n) is 11.9. The maximum Gasteiger partial charge on any atom is 0.256 e. The van der Waals surface area contributed by atoms with E-state index in [4.69, 9.17) is 5.73 Å². The molecule has 0 saturated carbocycles. The van der Waals surface area contributed by atoms with E-state index < -0.39 is 0 Å². The highest BCUT2D eigenvalue weighted by Gasteiger charge is 2.28. The van der Waals surface area contributed by atoms with Crippen LogP contribution < -0.4 is 5.73 Å². The molecule has 4 aromatic rings. The SMILES string of the molecule is NCc1ccc(F)c(C2CCN(C(=O)c3cn(CCc4ccccn4)c4ccccc34)CC2)c1. The van der Waals surface area contributed by atoms with Crippen molar-refractivity contribution in [1.29, 1.82) is 0 Å². The number of para-hydroxylation sites is 1. The number of likely N-dealkylation sites (tertiary alicyclic amines) is 1. The van der Waals surface area contributed by atoms with Crippen LogP contribution in [0.4, 0.5) is 4.39 Å². The second kappa shape index (κ2) is 9.77. The fourth-order valence-electron chi connectivity index (χ4n) is 4.98. The molecule has 0 radical (unpaired) electrons. The van der Waals surface area contributed by atoms with Gasteiger partial charge in [0.05, 0.1) is 5.56 Å². The van der Waals surface area contributed by atoms with Gasteiger partial charge in [0.1, 0.15) is 5.82 Å². The number of aromatic nitrogens is 2. The average Bonchev–Trinajstić information content (AvgIpc) is 3.27. The normalized spacial score (nSPS) is 14.6. The van der Waals surface area contributed by atoms with E-state index >= 15 is 0 Å². The van der Waals surface area contributed by atoms with E-state index in [2.05, 4.69) is 15.6 Å². The lowest BCUT2D eigenvalue weighted by atomic mass is 9.88. The summed E-state index contributed by atoms with van der Waals surface area (Å²) in [6.45, 7) is 2.38. The van der Waals surface area contributed by atoms with Crippen molar-refractivity contribution >= 4 is 16.8 Å². The first kappa shape index (κ1) is 22.3. The van der Waals surface area contributed by atoms with Crippen molar-refractivity contribution in [1.82, 2.24) is 14.5 Å². The molecule has 174 valence electrons. The molecular formula is C28H29FN4O. The topological polar surface area (TPSA) is 64.2 Å². The van der Waals surface area contributed by atoms with Crippen LogP contribution in [-0.4, -0.2) is 33.4 Å². The molecule has 2 aromatic carbocycles. The number of nitrogens with zero attached hydrogens (tertiary/aromatic N) is 3. The van der Waals surface area contributed by atoms with Crippen molar-refractivity contribution in [3.63, 3.8) is 0 Å². The second-order valence-corrected chi connectivity index (χ2v) is 8.95. The maximum absolute atomic E-state index is 14.5. The van der Waals surface area contributed by atoms with Crippen molar-refractivity contribution in [2.75, 3.05) is 13.1 Å². The van der Waals surface area contributed by atoms with Crippen LogP contribution >= 0.6 is 0 Å². The van der Waals surface area contributed by atoms with Crippen LogP contribution in [0.2, 0.25) is 0 Å². The molecule has 5 rings (SSSR count). The third kappa shape index (κ3) is 4.46. The smallest absolute Gasteiger partial charge is 0.256 e. The van der Waals surface area contributed by atoms with Gasteiger partial charge in [-0.25, -0.2) is 4.39 Å². The Morgan fingerprint density at radius 1 is 1.06 bits per heavy atom. The first-order valence-corrected chi connectivity index (χ1v) is 11.9. The van der Waals surface area contributed by atoms with Crippen LogP contribution in [0.5, 0.6) is 0 Å². The van der Waals surface area contributed by atoms with Gasteiger partial charge >= 0.3 is 0 Å². The lowest BCUT2D eigenvalue weighted by Gasteiger charge is -2.32. The summed E-state index contributed by atoms with van der Waals surface area (Å²) in [7, 11) is 0. The van der Waals surface area contributed by atoms with Gasteiger partial charge in [-0.05, 0) is 54.2 Å². The van der Waals surface area contributed by atoms with Crippen LogP contribution in [-0.2, 0) is 19.5 Å². The zero-order valence-corrected chi connectivity index (χ0v) is 19.2. The van der Waals surface area contributed by atoms with Gasteiger partial charge in [-0.1, -0.05) is 36.4 Å². The van der Waals surface area contributed by atoms with Gasteiger partial charge in [0.15, 0.2) is 0 Å². The number of halogens is 1. The van der Waals surface area contributed by atoms with Gasteiger partial charge < -0.3 is 15.2 Å². The van der Waals surface area contributed by atoms with Crippen molar-refractivity contribution in [2.45, 2.75) is 38.3 Å². The van der Waals surface area contributed by atoms with E-state index in [0.717, 1.165) is 59.1 Å². The van der Waals surface area contributed by atoms with Crippen molar-refractivity contribution in [3.8, 4) is 0 Å². The van der Waals surface area contributed by atoms with Crippen molar-refractivity contribution in [3.05, 3.63) is 101 Å². The van der Waals surface area contributed by atoms with Crippen LogP contribution in [0.3, 0.4) is 0 Å². The molecule has 5 nitrogen and oxygen atoms in total. The van der Waals surface area contributed by atoms with E-state index in [-0.39, 0.29) is 17.6 Å². The molecule has 34 heavy (non-hydrogen) atoms. The van der Waals surface area contributed by atoms with E-state index in [0.29, 0.717) is 19.6 Å². The van der Waals surface area contributed by atoms with Crippen LogP contribution in [0.1, 0.15) is 45.9 Å². The molecule has 1 saturated heterocycles. The molecule has 0 atom stereocenters. The molecule has 0 spiro atoms. The fraction of sp³-hybridized carbons (Fsp3) is 0.286. The zero-order chi connectivity index (χ0) is 23.5. The molecule has 1 amide bonds. The Hall–Kier alpha value is -3.51. The minimum absolute atomic E-state index is 0.0439. The highest BCUT2D eigenvalue weighted by atomic mass is 19.1. The predicted molar refractivity (Wildman–Crippen MR) is 132 cm³/mol. The molecule has 1 aliphatic heterocycles. The van der Waals surface area contributed by atoms with Gasteiger partial charge in [-0.3, -0.25) is 9.78 Å². The van der Waals surface area contributed by atoms with E-state index in [1.54, 1.807) is 12.3 Å². The Bertz CT molecular complexity index is 1290. The van der Waals surface area contributed by atoms with Gasteiger partial charge in [0.2, 0.25) is 0 Å². The summed E-state index contributed by atoms with van der Waals surface area (Å²) in [4.78, 5) is 19.8. The van der Waals surface area contributed by atoms with E-state index in [1.165, 1.54) is 6.07 Å².